The van der Waals surface area contributed by atoms with Gasteiger partial charge in [0, 0.05) is 17.5 Å². The monoisotopic (exact) mass is 485 g/mol. The third-order valence-electron chi connectivity index (χ3n) is 6.10. The van der Waals surface area contributed by atoms with Crippen LogP contribution in [0.15, 0.2) is 60.7 Å². The Labute approximate surface area is 202 Å². The zero-order valence-corrected chi connectivity index (χ0v) is 21.2. The summed E-state index contributed by atoms with van der Waals surface area (Å²) in [5, 5.41) is 4.02. The van der Waals surface area contributed by atoms with E-state index in [-0.39, 0.29) is 12.1 Å². The lowest BCUT2D eigenvalue weighted by Crippen LogP contribution is -2.16. The second-order valence-corrected chi connectivity index (χ2v) is 11.1. The van der Waals surface area contributed by atoms with E-state index in [1.807, 2.05) is 12.1 Å². The first-order chi connectivity index (χ1) is 15.6. The van der Waals surface area contributed by atoms with E-state index in [0.29, 0.717) is 19.5 Å². The Kier molecular flexibility index (Phi) is 8.92. The number of benzene rings is 3. The largest absolute Gasteiger partial charge is 0.325 e. The number of hydrogen-bond acceptors (Lipinski definition) is 2. The van der Waals surface area contributed by atoms with Crippen LogP contribution in [0.2, 0.25) is 5.02 Å². The first-order valence-corrected chi connectivity index (χ1v) is 13.5. The highest BCUT2D eigenvalue weighted by molar-refractivity contribution is 7.51. The van der Waals surface area contributed by atoms with Crippen molar-refractivity contribution in [3.8, 4) is 0 Å². The maximum absolute atomic E-state index is 11.0. The normalized spacial score (nSPS) is 12.7. The van der Waals surface area contributed by atoms with Gasteiger partial charge < -0.3 is 15.1 Å². The van der Waals surface area contributed by atoms with Crippen LogP contribution in [0, 0.1) is 20.8 Å². The Bertz CT molecular complexity index is 1140. The number of halogens is 1. The van der Waals surface area contributed by atoms with Crippen molar-refractivity contribution in [3.05, 3.63) is 105 Å². The Hall–Kier alpha value is -1.94. The molecule has 3 rings (SSSR count). The summed E-state index contributed by atoms with van der Waals surface area (Å²) in [6, 6.07) is 21.3. The molecule has 0 aliphatic rings. The summed E-state index contributed by atoms with van der Waals surface area (Å²) >= 11 is 6.34. The Balaban J connectivity index is 1.79. The van der Waals surface area contributed by atoms with Crippen LogP contribution in [-0.2, 0) is 17.5 Å². The van der Waals surface area contributed by atoms with E-state index < -0.39 is 7.60 Å². The van der Waals surface area contributed by atoms with Crippen LogP contribution in [-0.4, -0.2) is 22.5 Å². The smallest absolute Gasteiger partial charge is 0.324 e. The van der Waals surface area contributed by atoms with E-state index in [1.165, 1.54) is 33.4 Å². The minimum Gasteiger partial charge on any atom is -0.324 e. The molecule has 0 saturated heterocycles. The van der Waals surface area contributed by atoms with Gasteiger partial charge in [0.15, 0.2) is 0 Å². The van der Waals surface area contributed by atoms with Gasteiger partial charge in [-0.15, -0.1) is 0 Å². The maximum atomic E-state index is 11.0. The van der Waals surface area contributed by atoms with Gasteiger partial charge in [0.05, 0.1) is 6.16 Å². The van der Waals surface area contributed by atoms with Crippen LogP contribution in [0.25, 0.3) is 0 Å². The maximum Gasteiger partial charge on any atom is 0.325 e. The zero-order chi connectivity index (χ0) is 24.0. The van der Waals surface area contributed by atoms with E-state index in [9.17, 15) is 4.57 Å². The fourth-order valence-corrected chi connectivity index (χ4v) is 4.95. The average molecular weight is 486 g/mol. The Morgan fingerprint density at radius 2 is 1.64 bits per heavy atom. The molecule has 6 heteroatoms. The highest BCUT2D eigenvalue weighted by atomic mass is 35.5. The lowest BCUT2D eigenvalue weighted by Gasteiger charge is -2.22. The molecule has 0 amide bonds. The second-order valence-electron chi connectivity index (χ2n) is 8.84. The number of rotatable bonds is 10. The Morgan fingerprint density at radius 1 is 0.909 bits per heavy atom. The molecule has 0 saturated carbocycles. The van der Waals surface area contributed by atoms with Crippen LogP contribution in [0.1, 0.15) is 51.3 Å². The summed E-state index contributed by atoms with van der Waals surface area (Å²) in [5.74, 6) is 0.191. The second kappa shape index (κ2) is 11.5. The molecular formula is C27H33ClNO3P. The molecular weight excluding hydrogens is 453 g/mol. The molecule has 0 bridgehead atoms. The van der Waals surface area contributed by atoms with Gasteiger partial charge in [-0.1, -0.05) is 60.1 Å². The first kappa shape index (κ1) is 25.7. The molecule has 1 unspecified atom stereocenters. The molecule has 0 aliphatic heterocycles. The molecule has 3 aromatic carbocycles. The molecule has 4 nitrogen and oxygen atoms in total. The predicted octanol–water partition coefficient (Wildman–Crippen LogP) is 6.30. The van der Waals surface area contributed by atoms with Crippen LogP contribution in [0.3, 0.4) is 0 Å². The third kappa shape index (κ3) is 7.81. The zero-order valence-electron chi connectivity index (χ0n) is 19.5. The third-order valence-corrected chi connectivity index (χ3v) is 7.24. The van der Waals surface area contributed by atoms with Crippen molar-refractivity contribution in [2.75, 3.05) is 12.7 Å². The van der Waals surface area contributed by atoms with Crippen LogP contribution >= 0.6 is 19.2 Å². The van der Waals surface area contributed by atoms with Crippen molar-refractivity contribution in [2.24, 2.45) is 0 Å². The average Bonchev–Trinajstić information content (AvgIpc) is 2.74. The summed E-state index contributed by atoms with van der Waals surface area (Å²) in [6.07, 6.45) is 1.26. The molecule has 0 fully saturated rings. The van der Waals surface area contributed by atoms with Gasteiger partial charge in [0.1, 0.15) is 0 Å². The molecule has 3 aromatic rings. The van der Waals surface area contributed by atoms with Crippen molar-refractivity contribution >= 4 is 19.2 Å². The number of hydrogen-bond donors (Lipinski definition) is 3. The van der Waals surface area contributed by atoms with Crippen molar-refractivity contribution in [2.45, 2.75) is 46.1 Å². The summed E-state index contributed by atoms with van der Waals surface area (Å²) in [5.41, 5.74) is 8.76. The van der Waals surface area contributed by atoms with Gasteiger partial charge in [-0.3, -0.25) is 4.57 Å². The van der Waals surface area contributed by atoms with E-state index in [1.54, 1.807) is 0 Å². The van der Waals surface area contributed by atoms with Gasteiger partial charge in [0.2, 0.25) is 0 Å². The summed E-state index contributed by atoms with van der Waals surface area (Å²) in [6.45, 7) is 7.67. The minimum absolute atomic E-state index is 0.0855. The van der Waals surface area contributed by atoms with Crippen molar-refractivity contribution in [3.63, 3.8) is 0 Å². The summed E-state index contributed by atoms with van der Waals surface area (Å²) < 4.78 is 11.0. The fraction of sp³-hybridized carbons (Fsp3) is 0.333. The van der Waals surface area contributed by atoms with Crippen LogP contribution in [0.5, 0.6) is 0 Å². The SMILES string of the molecule is Cc1ccc(CC(c2cccc(Cl)c2)c2ccc(CNCCCP(=O)(O)O)cc2C)cc1C. The van der Waals surface area contributed by atoms with Crippen LogP contribution in [0.4, 0.5) is 0 Å². The number of nitrogens with one attached hydrogen (secondary N) is 1. The number of aryl methyl sites for hydroxylation is 3. The van der Waals surface area contributed by atoms with Crippen molar-refractivity contribution in [1.29, 1.82) is 0 Å². The molecule has 0 spiro atoms. The minimum atomic E-state index is -3.92. The van der Waals surface area contributed by atoms with E-state index >= 15 is 0 Å². The highest BCUT2D eigenvalue weighted by Crippen LogP contribution is 2.35. The van der Waals surface area contributed by atoms with E-state index in [2.05, 4.69) is 74.6 Å². The van der Waals surface area contributed by atoms with Gasteiger partial charge >= 0.3 is 7.60 Å². The first-order valence-electron chi connectivity index (χ1n) is 11.3. The quantitative estimate of drug-likeness (QED) is 0.233. The molecule has 0 aromatic heterocycles. The molecule has 0 aliphatic carbocycles. The molecule has 176 valence electrons. The fourth-order valence-electron chi connectivity index (χ4n) is 4.18. The molecule has 3 N–H and O–H groups in total. The lowest BCUT2D eigenvalue weighted by molar-refractivity contribution is 0.371. The van der Waals surface area contributed by atoms with E-state index in [0.717, 1.165) is 17.0 Å². The van der Waals surface area contributed by atoms with E-state index in [4.69, 9.17) is 21.4 Å². The topological polar surface area (TPSA) is 69.6 Å². The molecule has 0 heterocycles. The van der Waals surface area contributed by atoms with Gasteiger partial charge in [0.25, 0.3) is 0 Å². The Morgan fingerprint density at radius 3 is 2.30 bits per heavy atom. The summed E-state index contributed by atoms with van der Waals surface area (Å²) in [7, 11) is -3.92. The van der Waals surface area contributed by atoms with Gasteiger partial charge in [-0.05, 0) is 91.2 Å². The van der Waals surface area contributed by atoms with Crippen LogP contribution < -0.4 is 5.32 Å². The van der Waals surface area contributed by atoms with Crippen molar-refractivity contribution < 1.29 is 14.4 Å². The standard InChI is InChI=1S/C27H33ClNO3P/c1-19-8-9-22(14-20(19)2)16-27(24-6-4-7-25(28)17-24)26-11-10-23(15-21(26)3)18-29-12-5-13-33(30,31)32/h4,6-11,14-15,17,27,29H,5,12-13,16,18H2,1-3H3,(H2,30,31,32). The molecule has 1 atom stereocenters. The van der Waals surface area contributed by atoms with Crippen molar-refractivity contribution in [1.82, 2.24) is 5.32 Å². The highest BCUT2D eigenvalue weighted by Gasteiger charge is 2.18. The van der Waals surface area contributed by atoms with Gasteiger partial charge in [-0.2, -0.15) is 0 Å². The lowest BCUT2D eigenvalue weighted by atomic mass is 9.83. The van der Waals surface area contributed by atoms with Gasteiger partial charge in [-0.25, -0.2) is 0 Å². The predicted molar refractivity (Wildman–Crippen MR) is 137 cm³/mol. The summed E-state index contributed by atoms with van der Waals surface area (Å²) in [4.78, 5) is 17.9. The molecule has 0 radical (unpaired) electrons. The molecule has 33 heavy (non-hydrogen) atoms.